The van der Waals surface area contributed by atoms with E-state index in [1.54, 1.807) is 0 Å². The molecule has 1 saturated carbocycles. The van der Waals surface area contributed by atoms with Gasteiger partial charge in [0, 0.05) is 22.9 Å². The van der Waals surface area contributed by atoms with Gasteiger partial charge in [0.15, 0.2) is 0 Å². The zero-order valence-electron chi connectivity index (χ0n) is 13.5. The van der Waals surface area contributed by atoms with Gasteiger partial charge in [-0.05, 0) is 37.0 Å². The van der Waals surface area contributed by atoms with Crippen LogP contribution in [0.3, 0.4) is 0 Å². The van der Waals surface area contributed by atoms with E-state index in [2.05, 4.69) is 5.32 Å². The number of nitrogens with one attached hydrogen (secondary N) is 1. The Morgan fingerprint density at radius 3 is 2.78 bits per heavy atom. The molecule has 1 aliphatic carbocycles. The molecule has 0 aliphatic heterocycles. The first-order valence-corrected chi connectivity index (χ1v) is 9.51. The van der Waals surface area contributed by atoms with Crippen LogP contribution in [0.25, 0.3) is 0 Å². The van der Waals surface area contributed by atoms with Gasteiger partial charge in [0.05, 0.1) is 12.9 Å². The Kier molecular flexibility index (Phi) is 7.02. The van der Waals surface area contributed by atoms with Crippen LogP contribution in [-0.2, 0) is 21.3 Å². The van der Waals surface area contributed by atoms with Crippen LogP contribution in [0, 0.1) is 11.7 Å². The van der Waals surface area contributed by atoms with Crippen LogP contribution < -0.4 is 10.1 Å². The Bertz CT molecular complexity index is 559. The summed E-state index contributed by atoms with van der Waals surface area (Å²) in [6.07, 6.45) is 6.05. The van der Waals surface area contributed by atoms with E-state index < -0.39 is 16.6 Å². The maximum atomic E-state index is 13.3. The Balaban J connectivity index is 1.79. The summed E-state index contributed by atoms with van der Waals surface area (Å²) in [5.74, 6) is 0.472. The summed E-state index contributed by atoms with van der Waals surface area (Å²) >= 11 is 0. The molecule has 1 aliphatic rings. The number of rotatable bonds is 7. The molecule has 1 unspecified atom stereocenters. The number of hydrogen-bond donors (Lipinski definition) is 1. The van der Waals surface area contributed by atoms with E-state index in [4.69, 9.17) is 4.74 Å². The first-order valence-electron chi connectivity index (χ1n) is 8.02. The van der Waals surface area contributed by atoms with Gasteiger partial charge < -0.3 is 10.1 Å². The van der Waals surface area contributed by atoms with Crippen molar-refractivity contribution in [2.75, 3.05) is 19.4 Å². The second-order valence-electron chi connectivity index (χ2n) is 5.99. The van der Waals surface area contributed by atoms with Crippen LogP contribution in [0.4, 0.5) is 4.39 Å². The van der Waals surface area contributed by atoms with Crippen LogP contribution in [0.15, 0.2) is 18.2 Å². The van der Waals surface area contributed by atoms with Gasteiger partial charge in [0.1, 0.15) is 17.3 Å². The molecule has 1 fully saturated rings. The van der Waals surface area contributed by atoms with E-state index in [1.165, 1.54) is 44.6 Å². The highest BCUT2D eigenvalue weighted by atomic mass is 32.2. The molecule has 0 radical (unpaired) electrons. The average Bonchev–Trinajstić information content (AvgIpc) is 2.54. The van der Waals surface area contributed by atoms with Crippen molar-refractivity contribution in [3.8, 4) is 5.75 Å². The third-order valence-corrected chi connectivity index (χ3v) is 5.38. The summed E-state index contributed by atoms with van der Waals surface area (Å²) in [7, 11) is 0.0963. The number of methoxy groups -OCH3 is 1. The lowest BCUT2D eigenvalue weighted by Gasteiger charge is -2.21. The fourth-order valence-electron chi connectivity index (χ4n) is 2.93. The summed E-state index contributed by atoms with van der Waals surface area (Å²) in [6.45, 7) is 0.666. The van der Waals surface area contributed by atoms with Crippen molar-refractivity contribution in [2.45, 2.75) is 37.9 Å². The number of carbonyl (C=O) groups excluding carboxylic acids is 1. The number of hydrogen-bond acceptors (Lipinski definition) is 3. The third kappa shape index (κ3) is 5.94. The maximum absolute atomic E-state index is 13.3. The van der Waals surface area contributed by atoms with Crippen molar-refractivity contribution >= 4 is 16.7 Å². The highest BCUT2D eigenvalue weighted by Crippen LogP contribution is 2.23. The molecular formula is C17H24FNO3S. The number of carbonyl (C=O) groups is 1. The van der Waals surface area contributed by atoms with E-state index in [0.29, 0.717) is 23.8 Å². The number of amides is 1. The molecule has 1 N–H and O–H groups in total. The van der Waals surface area contributed by atoms with E-state index in [-0.39, 0.29) is 17.4 Å². The molecule has 1 amide bonds. The van der Waals surface area contributed by atoms with Crippen molar-refractivity contribution < 1.29 is 18.1 Å². The first kappa shape index (κ1) is 17.9. The van der Waals surface area contributed by atoms with Crippen LogP contribution in [-0.4, -0.2) is 29.5 Å². The Morgan fingerprint density at radius 2 is 2.09 bits per heavy atom. The van der Waals surface area contributed by atoms with E-state index in [1.807, 2.05) is 0 Å². The molecule has 4 nitrogen and oxygen atoms in total. The summed E-state index contributed by atoms with van der Waals surface area (Å²) in [5.41, 5.74) is 0.519. The van der Waals surface area contributed by atoms with Gasteiger partial charge >= 0.3 is 0 Å². The molecule has 23 heavy (non-hydrogen) atoms. The Morgan fingerprint density at radius 1 is 1.35 bits per heavy atom. The minimum absolute atomic E-state index is 0.0631. The zero-order valence-corrected chi connectivity index (χ0v) is 14.3. The van der Waals surface area contributed by atoms with Crippen molar-refractivity contribution in [1.82, 2.24) is 5.32 Å². The van der Waals surface area contributed by atoms with Gasteiger partial charge in [-0.1, -0.05) is 19.3 Å². The normalized spacial score (nSPS) is 16.8. The molecule has 2 rings (SSSR count). The van der Waals surface area contributed by atoms with Crippen molar-refractivity contribution in [3.63, 3.8) is 0 Å². The topological polar surface area (TPSA) is 55.4 Å². The van der Waals surface area contributed by atoms with E-state index in [9.17, 15) is 13.4 Å². The number of ether oxygens (including phenoxy) is 1. The maximum Gasteiger partial charge on any atom is 0.232 e. The quantitative estimate of drug-likeness (QED) is 0.830. The summed E-state index contributed by atoms with van der Waals surface area (Å²) in [4.78, 5) is 11.9. The minimum atomic E-state index is -1.39. The van der Waals surface area contributed by atoms with Crippen molar-refractivity contribution in [2.24, 2.45) is 5.92 Å². The lowest BCUT2D eigenvalue weighted by atomic mass is 9.89. The molecule has 0 bridgehead atoms. The summed E-state index contributed by atoms with van der Waals surface area (Å²) < 4.78 is 30.5. The largest absolute Gasteiger partial charge is 0.496 e. The van der Waals surface area contributed by atoms with Crippen LogP contribution >= 0.6 is 0 Å². The zero-order chi connectivity index (χ0) is 16.7. The van der Waals surface area contributed by atoms with Crippen LogP contribution in [0.1, 0.15) is 37.7 Å². The SMILES string of the molecule is COc1ccc(F)cc1CS(=O)CC(=O)NCC1CCCCC1. The van der Waals surface area contributed by atoms with Gasteiger partial charge in [-0.25, -0.2) is 4.39 Å². The molecule has 1 aromatic carbocycles. The minimum Gasteiger partial charge on any atom is -0.496 e. The van der Waals surface area contributed by atoms with Gasteiger partial charge in [-0.2, -0.15) is 0 Å². The smallest absolute Gasteiger partial charge is 0.232 e. The monoisotopic (exact) mass is 341 g/mol. The molecule has 0 heterocycles. The van der Waals surface area contributed by atoms with Crippen LogP contribution in [0.2, 0.25) is 0 Å². The predicted octanol–water partition coefficient (Wildman–Crippen LogP) is 2.78. The lowest BCUT2D eigenvalue weighted by Crippen LogP contribution is -2.33. The molecule has 128 valence electrons. The number of benzene rings is 1. The van der Waals surface area contributed by atoms with Gasteiger partial charge in [-0.15, -0.1) is 0 Å². The highest BCUT2D eigenvalue weighted by molar-refractivity contribution is 7.84. The summed E-state index contributed by atoms with van der Waals surface area (Å²) in [6, 6.07) is 4.10. The van der Waals surface area contributed by atoms with Crippen LogP contribution in [0.5, 0.6) is 5.75 Å². The molecule has 0 aromatic heterocycles. The second-order valence-corrected chi connectivity index (χ2v) is 7.45. The number of halogens is 1. The fraction of sp³-hybridized carbons (Fsp3) is 0.588. The molecule has 1 aromatic rings. The second kappa shape index (κ2) is 9.01. The van der Waals surface area contributed by atoms with E-state index >= 15 is 0 Å². The Hall–Kier alpha value is -1.43. The molecular weight excluding hydrogens is 317 g/mol. The standard InChI is InChI=1S/C17H24FNO3S/c1-22-16-8-7-15(18)9-14(16)11-23(21)12-17(20)19-10-13-5-3-2-4-6-13/h7-9,13H,2-6,10-12H2,1H3,(H,19,20). The van der Waals surface area contributed by atoms with E-state index in [0.717, 1.165) is 12.8 Å². The third-order valence-electron chi connectivity index (χ3n) is 4.16. The lowest BCUT2D eigenvalue weighted by molar-refractivity contribution is -0.118. The summed E-state index contributed by atoms with van der Waals surface area (Å²) in [5, 5.41) is 2.87. The van der Waals surface area contributed by atoms with Crippen molar-refractivity contribution in [1.29, 1.82) is 0 Å². The fourth-order valence-corrected chi connectivity index (χ4v) is 4.00. The highest BCUT2D eigenvalue weighted by Gasteiger charge is 2.16. The molecule has 0 saturated heterocycles. The predicted molar refractivity (Wildman–Crippen MR) is 89.3 cm³/mol. The molecule has 6 heteroatoms. The molecule has 0 spiro atoms. The van der Waals surface area contributed by atoms with Crippen molar-refractivity contribution in [3.05, 3.63) is 29.6 Å². The van der Waals surface area contributed by atoms with Gasteiger partial charge in [0.2, 0.25) is 5.91 Å². The molecule has 1 atom stereocenters. The first-order chi connectivity index (χ1) is 11.1. The average molecular weight is 341 g/mol. The van der Waals surface area contributed by atoms with Gasteiger partial charge in [0.25, 0.3) is 0 Å². The Labute approximate surface area is 139 Å². The van der Waals surface area contributed by atoms with Gasteiger partial charge in [-0.3, -0.25) is 9.00 Å².